The Morgan fingerprint density at radius 2 is 1.53 bits per heavy atom. The molecule has 0 bridgehead atoms. The largest absolute Gasteiger partial charge is 0.494 e. The number of hydrogen-bond acceptors (Lipinski definition) is 6. The standard InChI is InChI=1S/C36H40ClN3O5S2/c1-4-23-38-36(42)34(24-27-9-7-6-8-10-27)39(25-28-11-13-29(37)14-12-28)35(41)26-40(30-15-17-31(18-16-30)45-5-2)47(43,44)33-21-19-32(46-3)20-22-33/h6-22,34H,4-5,23-26H2,1-3H3,(H,38,42)/t34-/m1/s1. The van der Waals surface area contributed by atoms with Crippen molar-refractivity contribution < 1.29 is 22.7 Å². The first-order valence-corrected chi connectivity index (χ1v) is 18.5. The third-order valence-electron chi connectivity index (χ3n) is 7.45. The number of nitrogens with zero attached hydrogens (tertiary/aromatic N) is 2. The van der Waals surface area contributed by atoms with E-state index in [0.29, 0.717) is 30.3 Å². The maximum Gasteiger partial charge on any atom is 0.264 e. The number of rotatable bonds is 16. The fourth-order valence-electron chi connectivity index (χ4n) is 4.99. The van der Waals surface area contributed by atoms with E-state index in [4.69, 9.17) is 16.3 Å². The van der Waals surface area contributed by atoms with Crippen LogP contribution < -0.4 is 14.4 Å². The van der Waals surface area contributed by atoms with Crippen LogP contribution in [0.4, 0.5) is 5.69 Å². The molecule has 4 aromatic rings. The van der Waals surface area contributed by atoms with Crippen LogP contribution in [0.15, 0.2) is 113 Å². The number of carbonyl (C=O) groups excluding carboxylic acids is 2. The van der Waals surface area contributed by atoms with Gasteiger partial charge in [-0.3, -0.25) is 13.9 Å². The number of nitrogens with one attached hydrogen (secondary N) is 1. The van der Waals surface area contributed by atoms with E-state index in [-0.39, 0.29) is 29.5 Å². The summed E-state index contributed by atoms with van der Waals surface area (Å²) in [5, 5.41) is 3.49. The minimum absolute atomic E-state index is 0.0442. The average molecular weight is 694 g/mol. The highest BCUT2D eigenvalue weighted by Crippen LogP contribution is 2.28. The zero-order valence-electron chi connectivity index (χ0n) is 26.8. The predicted molar refractivity (Wildman–Crippen MR) is 190 cm³/mol. The van der Waals surface area contributed by atoms with Gasteiger partial charge in [0.15, 0.2) is 0 Å². The molecule has 0 saturated heterocycles. The van der Waals surface area contributed by atoms with Crippen LogP contribution in [0.5, 0.6) is 5.75 Å². The Balaban J connectivity index is 1.79. The number of anilines is 1. The minimum Gasteiger partial charge on any atom is -0.494 e. The van der Waals surface area contributed by atoms with Gasteiger partial charge in [0.25, 0.3) is 10.0 Å². The van der Waals surface area contributed by atoms with Gasteiger partial charge in [0.1, 0.15) is 18.3 Å². The molecule has 47 heavy (non-hydrogen) atoms. The summed E-state index contributed by atoms with van der Waals surface area (Å²) in [7, 11) is -4.21. The highest BCUT2D eigenvalue weighted by atomic mass is 35.5. The van der Waals surface area contributed by atoms with Crippen molar-refractivity contribution in [1.82, 2.24) is 10.2 Å². The molecule has 0 radical (unpaired) electrons. The molecule has 2 amide bonds. The van der Waals surface area contributed by atoms with Gasteiger partial charge in [0, 0.05) is 29.4 Å². The molecule has 1 atom stereocenters. The number of ether oxygens (including phenoxy) is 1. The molecular weight excluding hydrogens is 654 g/mol. The van der Waals surface area contributed by atoms with Crippen molar-refractivity contribution in [3.8, 4) is 5.75 Å². The number of halogens is 1. The van der Waals surface area contributed by atoms with Crippen molar-refractivity contribution in [2.75, 3.05) is 30.3 Å². The second-order valence-electron chi connectivity index (χ2n) is 10.8. The van der Waals surface area contributed by atoms with Crippen molar-refractivity contribution in [2.24, 2.45) is 0 Å². The summed E-state index contributed by atoms with van der Waals surface area (Å²) >= 11 is 7.65. The van der Waals surface area contributed by atoms with E-state index >= 15 is 0 Å². The molecule has 4 aromatic carbocycles. The lowest BCUT2D eigenvalue weighted by Crippen LogP contribution is -2.53. The van der Waals surface area contributed by atoms with E-state index in [1.807, 2.05) is 50.4 Å². The number of benzene rings is 4. The quantitative estimate of drug-likeness (QED) is 0.129. The molecule has 0 spiro atoms. The Morgan fingerprint density at radius 3 is 2.13 bits per heavy atom. The lowest BCUT2D eigenvalue weighted by molar-refractivity contribution is -0.140. The molecule has 11 heteroatoms. The van der Waals surface area contributed by atoms with Gasteiger partial charge in [-0.1, -0.05) is 61.0 Å². The summed E-state index contributed by atoms with van der Waals surface area (Å²) in [6.07, 6.45) is 2.86. The van der Waals surface area contributed by atoms with Gasteiger partial charge < -0.3 is 15.0 Å². The van der Waals surface area contributed by atoms with Crippen molar-refractivity contribution >= 4 is 50.9 Å². The molecule has 0 aliphatic rings. The first-order chi connectivity index (χ1) is 22.7. The average Bonchev–Trinajstić information content (AvgIpc) is 3.09. The van der Waals surface area contributed by atoms with Crippen LogP contribution in [-0.4, -0.2) is 57.1 Å². The number of sulfonamides is 1. The number of carbonyl (C=O) groups is 2. The maximum atomic E-state index is 14.5. The Bertz CT molecular complexity index is 1700. The smallest absolute Gasteiger partial charge is 0.264 e. The molecule has 0 fully saturated rings. The van der Waals surface area contributed by atoms with Crippen molar-refractivity contribution in [3.63, 3.8) is 0 Å². The molecule has 248 valence electrons. The van der Waals surface area contributed by atoms with Crippen LogP contribution in [0.2, 0.25) is 5.02 Å². The van der Waals surface area contributed by atoms with Crippen LogP contribution in [0.1, 0.15) is 31.4 Å². The monoisotopic (exact) mass is 693 g/mol. The molecule has 8 nitrogen and oxygen atoms in total. The highest BCUT2D eigenvalue weighted by molar-refractivity contribution is 7.98. The summed E-state index contributed by atoms with van der Waals surface area (Å²) in [4.78, 5) is 30.7. The highest BCUT2D eigenvalue weighted by Gasteiger charge is 2.34. The molecule has 0 aliphatic heterocycles. The van der Waals surface area contributed by atoms with E-state index in [9.17, 15) is 18.0 Å². The number of thioether (sulfide) groups is 1. The fourth-order valence-corrected chi connectivity index (χ4v) is 6.93. The van der Waals surface area contributed by atoms with E-state index in [1.165, 1.54) is 28.8 Å². The summed E-state index contributed by atoms with van der Waals surface area (Å²) in [6.45, 7) is 4.22. The van der Waals surface area contributed by atoms with Crippen LogP contribution in [0.3, 0.4) is 0 Å². The van der Waals surface area contributed by atoms with Gasteiger partial charge in [-0.2, -0.15) is 0 Å². The van der Waals surface area contributed by atoms with Crippen molar-refractivity contribution in [3.05, 3.63) is 119 Å². The zero-order chi connectivity index (χ0) is 33.8. The number of hydrogen-bond donors (Lipinski definition) is 1. The molecule has 0 unspecified atom stereocenters. The minimum atomic E-state index is -4.21. The molecule has 0 aliphatic carbocycles. The second kappa shape index (κ2) is 17.2. The third kappa shape index (κ3) is 9.76. The third-order valence-corrected chi connectivity index (χ3v) is 10.2. The van der Waals surface area contributed by atoms with Crippen LogP contribution in [0.25, 0.3) is 0 Å². The van der Waals surface area contributed by atoms with E-state index in [2.05, 4.69) is 5.32 Å². The molecule has 0 saturated carbocycles. The van der Waals surface area contributed by atoms with Crippen LogP contribution in [0, 0.1) is 0 Å². The molecule has 1 N–H and O–H groups in total. The summed E-state index contributed by atoms with van der Waals surface area (Å²) in [5.41, 5.74) is 1.90. The fraction of sp³-hybridized carbons (Fsp3) is 0.278. The summed E-state index contributed by atoms with van der Waals surface area (Å²) in [5.74, 6) is -0.281. The van der Waals surface area contributed by atoms with Gasteiger partial charge in [-0.15, -0.1) is 11.8 Å². The Morgan fingerprint density at radius 1 is 0.872 bits per heavy atom. The lowest BCUT2D eigenvalue weighted by Gasteiger charge is -2.34. The Kier molecular flexibility index (Phi) is 13.2. The van der Waals surface area contributed by atoms with E-state index < -0.39 is 28.5 Å². The number of amides is 2. The topological polar surface area (TPSA) is 96.0 Å². The van der Waals surface area contributed by atoms with Gasteiger partial charge >= 0.3 is 0 Å². The van der Waals surface area contributed by atoms with Crippen LogP contribution >= 0.6 is 23.4 Å². The lowest BCUT2D eigenvalue weighted by atomic mass is 10.0. The predicted octanol–water partition coefficient (Wildman–Crippen LogP) is 6.82. The van der Waals surface area contributed by atoms with Crippen LogP contribution in [-0.2, 0) is 32.6 Å². The van der Waals surface area contributed by atoms with Gasteiger partial charge in [0.2, 0.25) is 11.8 Å². The van der Waals surface area contributed by atoms with Gasteiger partial charge in [0.05, 0.1) is 17.2 Å². The molecule has 0 heterocycles. The maximum absolute atomic E-state index is 14.5. The Labute approximate surface area is 287 Å². The first-order valence-electron chi connectivity index (χ1n) is 15.4. The summed E-state index contributed by atoms with van der Waals surface area (Å²) in [6, 6.07) is 28.7. The normalized spacial score (nSPS) is 11.8. The second-order valence-corrected chi connectivity index (χ2v) is 13.9. The van der Waals surface area contributed by atoms with Crippen molar-refractivity contribution in [2.45, 2.75) is 49.1 Å². The first kappa shape index (κ1) is 35.9. The van der Waals surface area contributed by atoms with Crippen molar-refractivity contribution in [1.29, 1.82) is 0 Å². The SMILES string of the molecule is CCCNC(=O)[C@@H](Cc1ccccc1)N(Cc1ccc(Cl)cc1)C(=O)CN(c1ccc(OCC)cc1)S(=O)(=O)c1ccc(SC)cc1. The molecule has 4 rings (SSSR count). The van der Waals surface area contributed by atoms with E-state index in [0.717, 1.165) is 20.3 Å². The van der Waals surface area contributed by atoms with E-state index in [1.54, 1.807) is 60.7 Å². The Hall–Kier alpha value is -3.99. The van der Waals surface area contributed by atoms with Gasteiger partial charge in [-0.25, -0.2) is 8.42 Å². The zero-order valence-corrected chi connectivity index (χ0v) is 29.2. The van der Waals surface area contributed by atoms with Gasteiger partial charge in [-0.05, 0) is 91.4 Å². The molecule has 0 aromatic heterocycles. The molecular formula is C36H40ClN3O5S2. The summed E-state index contributed by atoms with van der Waals surface area (Å²) < 4.78 is 35.2.